The van der Waals surface area contributed by atoms with E-state index in [1.54, 1.807) is 0 Å². The number of hydrogen-bond acceptors (Lipinski definition) is 4. The number of rotatable bonds is 6. The number of amides is 1. The maximum absolute atomic E-state index is 13.4. The molecule has 1 aliphatic heterocycles. The van der Waals surface area contributed by atoms with Crippen LogP contribution in [0.2, 0.25) is 0 Å². The molecular formula is C28H30N4O2. The molecule has 1 aliphatic rings. The van der Waals surface area contributed by atoms with E-state index in [0.29, 0.717) is 24.5 Å². The number of nitrogens with zero attached hydrogens (tertiary/aromatic N) is 4. The molecule has 0 N–H and O–H groups in total. The lowest BCUT2D eigenvalue weighted by molar-refractivity contribution is 0.0756. The fraction of sp³-hybridized carbons (Fsp3) is 0.286. The zero-order chi connectivity index (χ0) is 23.3. The van der Waals surface area contributed by atoms with Gasteiger partial charge in [-0.15, -0.1) is 0 Å². The maximum Gasteiger partial charge on any atom is 0.257 e. The number of benzene rings is 2. The van der Waals surface area contributed by atoms with Crippen LogP contribution in [0.3, 0.4) is 0 Å². The van der Waals surface area contributed by atoms with Crippen LogP contribution in [0.4, 0.5) is 0 Å². The van der Waals surface area contributed by atoms with E-state index in [1.807, 2.05) is 71.1 Å². The molecule has 2 aromatic heterocycles. The summed E-state index contributed by atoms with van der Waals surface area (Å²) in [7, 11) is 0. The lowest BCUT2D eigenvalue weighted by Gasteiger charge is -2.23. The summed E-state index contributed by atoms with van der Waals surface area (Å²) >= 11 is 0. The van der Waals surface area contributed by atoms with E-state index in [0.717, 1.165) is 49.5 Å². The van der Waals surface area contributed by atoms with Gasteiger partial charge in [0.2, 0.25) is 0 Å². The van der Waals surface area contributed by atoms with Gasteiger partial charge < -0.3 is 14.0 Å². The van der Waals surface area contributed by atoms with Crippen molar-refractivity contribution in [3.63, 3.8) is 0 Å². The van der Waals surface area contributed by atoms with Gasteiger partial charge in [0.1, 0.15) is 18.0 Å². The van der Waals surface area contributed by atoms with E-state index in [1.165, 1.54) is 5.56 Å². The van der Waals surface area contributed by atoms with E-state index in [-0.39, 0.29) is 5.91 Å². The zero-order valence-electron chi connectivity index (χ0n) is 19.6. The summed E-state index contributed by atoms with van der Waals surface area (Å²) in [5, 5.41) is 0. The predicted octanol–water partition coefficient (Wildman–Crippen LogP) is 4.57. The van der Waals surface area contributed by atoms with E-state index in [9.17, 15) is 4.79 Å². The highest BCUT2D eigenvalue weighted by Gasteiger charge is 2.23. The van der Waals surface area contributed by atoms with Gasteiger partial charge in [-0.2, -0.15) is 0 Å². The lowest BCUT2D eigenvalue weighted by atomic mass is 10.1. The first kappa shape index (κ1) is 22.2. The minimum atomic E-state index is 0.0306. The summed E-state index contributed by atoms with van der Waals surface area (Å²) in [6, 6.07) is 22.1. The third kappa shape index (κ3) is 4.97. The summed E-state index contributed by atoms with van der Waals surface area (Å²) in [4.78, 5) is 22.5. The van der Waals surface area contributed by atoms with Crippen LogP contribution in [0.5, 0.6) is 5.75 Å². The van der Waals surface area contributed by atoms with Gasteiger partial charge in [-0.25, -0.2) is 4.98 Å². The van der Waals surface area contributed by atoms with Gasteiger partial charge in [-0.3, -0.25) is 9.69 Å². The van der Waals surface area contributed by atoms with E-state index >= 15 is 0 Å². The Bertz CT molecular complexity index is 1270. The molecule has 1 saturated heterocycles. The average Bonchev–Trinajstić information content (AvgIpc) is 3.16. The number of imidazole rings is 1. The van der Waals surface area contributed by atoms with Gasteiger partial charge in [-0.05, 0) is 42.7 Å². The molecule has 0 bridgehead atoms. The second-order valence-corrected chi connectivity index (χ2v) is 8.85. The molecule has 34 heavy (non-hydrogen) atoms. The third-order valence-corrected chi connectivity index (χ3v) is 6.35. The first-order chi connectivity index (χ1) is 16.7. The van der Waals surface area contributed by atoms with Crippen LogP contribution in [0.1, 0.15) is 33.6 Å². The fourth-order valence-corrected chi connectivity index (χ4v) is 4.54. The van der Waals surface area contributed by atoms with E-state index < -0.39 is 0 Å². The minimum Gasteiger partial charge on any atom is -0.486 e. The zero-order valence-corrected chi connectivity index (χ0v) is 19.6. The summed E-state index contributed by atoms with van der Waals surface area (Å²) < 4.78 is 8.11. The Balaban J connectivity index is 1.25. The lowest BCUT2D eigenvalue weighted by Crippen LogP contribution is -2.35. The van der Waals surface area contributed by atoms with Crippen molar-refractivity contribution in [3.8, 4) is 5.75 Å². The second-order valence-electron chi connectivity index (χ2n) is 8.85. The molecule has 1 amide bonds. The van der Waals surface area contributed by atoms with Crippen LogP contribution in [0.25, 0.3) is 5.65 Å². The Morgan fingerprint density at radius 3 is 2.62 bits per heavy atom. The smallest absolute Gasteiger partial charge is 0.257 e. The molecule has 0 unspecified atom stereocenters. The number of carbonyl (C=O) groups is 1. The molecule has 0 aliphatic carbocycles. The predicted molar refractivity (Wildman–Crippen MR) is 133 cm³/mol. The van der Waals surface area contributed by atoms with Crippen LogP contribution in [-0.4, -0.2) is 51.3 Å². The van der Waals surface area contributed by atoms with Crippen LogP contribution in [0, 0.1) is 6.92 Å². The molecule has 0 atom stereocenters. The molecule has 0 saturated carbocycles. The number of fused-ring (bicyclic) bond motifs is 1. The van der Waals surface area contributed by atoms with Crippen molar-refractivity contribution in [1.82, 2.24) is 19.2 Å². The van der Waals surface area contributed by atoms with Crippen LogP contribution in [0.15, 0.2) is 79.1 Å². The Hall–Kier alpha value is -3.64. The van der Waals surface area contributed by atoms with Gasteiger partial charge in [0.15, 0.2) is 0 Å². The number of aryl methyl sites for hydroxylation is 1. The topological polar surface area (TPSA) is 50.1 Å². The van der Waals surface area contributed by atoms with Crippen molar-refractivity contribution in [2.24, 2.45) is 0 Å². The number of para-hydroxylation sites is 1. The van der Waals surface area contributed by atoms with E-state index in [4.69, 9.17) is 4.74 Å². The number of pyridine rings is 1. The van der Waals surface area contributed by atoms with Gasteiger partial charge in [-0.1, -0.05) is 48.5 Å². The van der Waals surface area contributed by atoms with Crippen molar-refractivity contribution in [2.75, 3.05) is 26.2 Å². The van der Waals surface area contributed by atoms with Crippen molar-refractivity contribution >= 4 is 11.6 Å². The number of carbonyl (C=O) groups excluding carboxylic acids is 1. The Morgan fingerprint density at radius 1 is 0.941 bits per heavy atom. The Kier molecular flexibility index (Phi) is 6.58. The molecule has 6 nitrogen and oxygen atoms in total. The summed E-state index contributed by atoms with van der Waals surface area (Å²) in [6.45, 7) is 6.60. The average molecular weight is 455 g/mol. The molecule has 2 aromatic carbocycles. The monoisotopic (exact) mass is 454 g/mol. The fourth-order valence-electron chi connectivity index (χ4n) is 4.54. The molecule has 174 valence electrons. The highest BCUT2D eigenvalue weighted by atomic mass is 16.5. The van der Waals surface area contributed by atoms with Gasteiger partial charge in [0.05, 0.1) is 11.3 Å². The van der Waals surface area contributed by atoms with Crippen LogP contribution < -0.4 is 4.74 Å². The summed E-state index contributed by atoms with van der Waals surface area (Å²) in [6.07, 6.45) is 4.92. The van der Waals surface area contributed by atoms with Crippen LogP contribution >= 0.6 is 0 Å². The van der Waals surface area contributed by atoms with Gasteiger partial charge in [0.25, 0.3) is 5.91 Å². The molecule has 5 rings (SSSR count). The van der Waals surface area contributed by atoms with Crippen LogP contribution in [-0.2, 0) is 13.2 Å². The van der Waals surface area contributed by atoms with Crippen molar-refractivity contribution in [2.45, 2.75) is 26.5 Å². The van der Waals surface area contributed by atoms with Crippen molar-refractivity contribution < 1.29 is 9.53 Å². The SMILES string of the molecule is Cc1cccn2cc(COc3ccccc3C(=O)N3CCCN(Cc4ccccc4)CC3)nc12. The van der Waals surface area contributed by atoms with Crippen molar-refractivity contribution in [1.29, 1.82) is 0 Å². The first-order valence-corrected chi connectivity index (χ1v) is 11.9. The summed E-state index contributed by atoms with van der Waals surface area (Å²) in [5.74, 6) is 0.634. The molecule has 0 spiro atoms. The Morgan fingerprint density at radius 2 is 1.76 bits per heavy atom. The molecular weight excluding hydrogens is 424 g/mol. The largest absolute Gasteiger partial charge is 0.486 e. The molecule has 0 radical (unpaired) electrons. The molecule has 6 heteroatoms. The quantitative estimate of drug-likeness (QED) is 0.428. The Labute approximate surface area is 200 Å². The van der Waals surface area contributed by atoms with Gasteiger partial charge in [0, 0.05) is 45.1 Å². The maximum atomic E-state index is 13.4. The highest BCUT2D eigenvalue weighted by Crippen LogP contribution is 2.22. The normalized spacial score (nSPS) is 14.8. The van der Waals surface area contributed by atoms with Crippen molar-refractivity contribution in [3.05, 3.63) is 102 Å². The first-order valence-electron chi connectivity index (χ1n) is 11.9. The molecule has 1 fully saturated rings. The summed E-state index contributed by atoms with van der Waals surface area (Å²) in [5.41, 5.74) is 4.80. The van der Waals surface area contributed by atoms with E-state index in [2.05, 4.69) is 34.1 Å². The number of hydrogen-bond donors (Lipinski definition) is 0. The third-order valence-electron chi connectivity index (χ3n) is 6.35. The molecule has 4 aromatic rings. The highest BCUT2D eigenvalue weighted by molar-refractivity contribution is 5.97. The standard InChI is InChI=1S/C28H30N4O2/c1-22-9-7-15-32-20-24(29-27(22)32)21-34-26-13-6-5-12-25(26)28(33)31-16-8-14-30(17-18-31)19-23-10-3-2-4-11-23/h2-7,9-13,15,20H,8,14,16-19,21H2,1H3. The second kappa shape index (κ2) is 10.1. The molecule has 3 heterocycles. The van der Waals surface area contributed by atoms with Gasteiger partial charge >= 0.3 is 0 Å². The number of ether oxygens (including phenoxy) is 1. The number of aromatic nitrogens is 2. The minimum absolute atomic E-state index is 0.0306.